The van der Waals surface area contributed by atoms with Crippen molar-refractivity contribution in [1.29, 1.82) is 0 Å². The summed E-state index contributed by atoms with van der Waals surface area (Å²) in [4.78, 5) is 0. The molecule has 2 aromatic rings. The second-order valence-electron chi connectivity index (χ2n) is 3.28. The summed E-state index contributed by atoms with van der Waals surface area (Å²) in [6, 6.07) is 4.52. The third kappa shape index (κ3) is 2.20. The Morgan fingerprint density at radius 2 is 2.25 bits per heavy atom. The molecule has 0 saturated carbocycles. The van der Waals surface area contributed by atoms with E-state index in [4.69, 9.17) is 17.3 Å². The second kappa shape index (κ2) is 4.59. The Morgan fingerprint density at radius 1 is 1.44 bits per heavy atom. The molecule has 0 bridgehead atoms. The van der Waals surface area contributed by atoms with Gasteiger partial charge in [-0.15, -0.1) is 5.10 Å². The van der Waals surface area contributed by atoms with Crippen molar-refractivity contribution in [2.75, 3.05) is 6.54 Å². The van der Waals surface area contributed by atoms with Gasteiger partial charge in [-0.05, 0) is 12.1 Å². The molecule has 1 heterocycles. The summed E-state index contributed by atoms with van der Waals surface area (Å²) in [6.07, 6.45) is 1.72. The summed E-state index contributed by atoms with van der Waals surface area (Å²) in [5.41, 5.74) is 6.63. The topological polar surface area (TPSA) is 56.7 Å². The van der Waals surface area contributed by atoms with Crippen LogP contribution in [-0.4, -0.2) is 21.5 Å². The largest absolute Gasteiger partial charge is 0.329 e. The van der Waals surface area contributed by atoms with Gasteiger partial charge in [-0.1, -0.05) is 22.9 Å². The van der Waals surface area contributed by atoms with Crippen LogP contribution in [0.1, 0.15) is 0 Å². The molecule has 0 radical (unpaired) electrons. The minimum atomic E-state index is -0.465. The van der Waals surface area contributed by atoms with Gasteiger partial charge in [0.25, 0.3) is 0 Å². The fourth-order valence-electron chi connectivity index (χ4n) is 1.33. The zero-order valence-corrected chi connectivity index (χ0v) is 9.15. The Labute approximate surface area is 96.8 Å². The Balaban J connectivity index is 2.31. The van der Waals surface area contributed by atoms with Crippen LogP contribution in [0.2, 0.25) is 5.02 Å². The van der Waals surface area contributed by atoms with Crippen molar-refractivity contribution in [1.82, 2.24) is 15.0 Å². The molecule has 84 valence electrons. The molecule has 6 heteroatoms. The molecular formula is C10H10ClFN4. The van der Waals surface area contributed by atoms with Crippen molar-refractivity contribution < 1.29 is 4.39 Å². The Bertz CT molecular complexity index is 497. The summed E-state index contributed by atoms with van der Waals surface area (Å²) in [5, 5.41) is 7.88. The van der Waals surface area contributed by atoms with E-state index < -0.39 is 5.82 Å². The molecule has 0 aliphatic carbocycles. The predicted molar refractivity (Wildman–Crippen MR) is 59.5 cm³/mol. The van der Waals surface area contributed by atoms with Gasteiger partial charge in [0.05, 0.1) is 17.8 Å². The van der Waals surface area contributed by atoms with Crippen molar-refractivity contribution in [3.05, 3.63) is 35.2 Å². The normalized spacial score (nSPS) is 10.7. The smallest absolute Gasteiger partial charge is 0.142 e. The highest BCUT2D eigenvalue weighted by Crippen LogP contribution is 2.22. The molecule has 1 aromatic carbocycles. The van der Waals surface area contributed by atoms with E-state index in [1.165, 1.54) is 12.1 Å². The highest BCUT2D eigenvalue weighted by molar-refractivity contribution is 6.30. The first kappa shape index (κ1) is 11.0. The maximum Gasteiger partial charge on any atom is 0.142 e. The minimum Gasteiger partial charge on any atom is -0.329 e. The van der Waals surface area contributed by atoms with Crippen LogP contribution in [0.25, 0.3) is 11.3 Å². The van der Waals surface area contributed by atoms with Gasteiger partial charge in [-0.3, -0.25) is 4.68 Å². The molecule has 0 aliphatic rings. The van der Waals surface area contributed by atoms with E-state index in [2.05, 4.69) is 10.3 Å². The quantitative estimate of drug-likeness (QED) is 0.888. The lowest BCUT2D eigenvalue weighted by molar-refractivity contribution is 0.598. The van der Waals surface area contributed by atoms with E-state index in [9.17, 15) is 4.39 Å². The van der Waals surface area contributed by atoms with Crippen molar-refractivity contribution in [2.24, 2.45) is 5.73 Å². The van der Waals surface area contributed by atoms with Crippen molar-refractivity contribution in [3.63, 3.8) is 0 Å². The number of aromatic nitrogens is 3. The number of halogens is 2. The van der Waals surface area contributed by atoms with Gasteiger partial charge >= 0.3 is 0 Å². The van der Waals surface area contributed by atoms with Crippen LogP contribution in [-0.2, 0) is 6.54 Å². The van der Waals surface area contributed by atoms with Crippen LogP contribution in [0.3, 0.4) is 0 Å². The van der Waals surface area contributed by atoms with Crippen LogP contribution in [0.5, 0.6) is 0 Å². The summed E-state index contributed by atoms with van der Waals surface area (Å²) in [5.74, 6) is -0.465. The van der Waals surface area contributed by atoms with Gasteiger partial charge in [0.2, 0.25) is 0 Å². The van der Waals surface area contributed by atoms with Gasteiger partial charge < -0.3 is 5.73 Å². The maximum atomic E-state index is 13.2. The molecular weight excluding hydrogens is 231 g/mol. The van der Waals surface area contributed by atoms with E-state index in [-0.39, 0.29) is 5.02 Å². The molecule has 0 spiro atoms. The Hall–Kier alpha value is -1.46. The molecule has 2 rings (SSSR count). The number of hydrogen-bond donors (Lipinski definition) is 1. The molecule has 2 N–H and O–H groups in total. The first-order valence-corrected chi connectivity index (χ1v) is 5.14. The Kier molecular flexibility index (Phi) is 3.17. The molecule has 4 nitrogen and oxygen atoms in total. The van der Waals surface area contributed by atoms with Crippen molar-refractivity contribution in [3.8, 4) is 11.3 Å². The molecule has 16 heavy (non-hydrogen) atoms. The van der Waals surface area contributed by atoms with Crippen molar-refractivity contribution >= 4 is 11.6 Å². The van der Waals surface area contributed by atoms with Crippen LogP contribution >= 0.6 is 11.6 Å². The molecule has 0 saturated heterocycles. The number of nitrogens with zero attached hydrogens (tertiary/aromatic N) is 3. The summed E-state index contributed by atoms with van der Waals surface area (Å²) in [6.45, 7) is 1.07. The van der Waals surface area contributed by atoms with Crippen LogP contribution < -0.4 is 5.73 Å². The molecule has 0 aliphatic heterocycles. The molecule has 1 aromatic heterocycles. The van der Waals surface area contributed by atoms with Crippen LogP contribution in [0.15, 0.2) is 24.4 Å². The third-order valence-corrected chi connectivity index (χ3v) is 2.42. The first-order valence-electron chi connectivity index (χ1n) is 4.76. The van der Waals surface area contributed by atoms with Crippen molar-refractivity contribution in [2.45, 2.75) is 6.54 Å². The Morgan fingerprint density at radius 3 is 2.94 bits per heavy atom. The van der Waals surface area contributed by atoms with E-state index in [0.717, 1.165) is 0 Å². The molecule has 0 fully saturated rings. The maximum absolute atomic E-state index is 13.2. The molecule has 0 unspecified atom stereocenters. The highest BCUT2D eigenvalue weighted by atomic mass is 35.5. The first-order chi connectivity index (χ1) is 7.70. The standard InChI is InChI=1S/C10H10ClFN4/c11-8-2-1-7(5-9(8)12)10-6-16(4-3-13)15-14-10/h1-2,5-6H,3-4,13H2. The number of nitrogens with two attached hydrogens (primary N) is 1. The lowest BCUT2D eigenvalue weighted by Gasteiger charge is -1.97. The monoisotopic (exact) mass is 240 g/mol. The van der Waals surface area contributed by atoms with Gasteiger partial charge in [0.15, 0.2) is 0 Å². The van der Waals surface area contributed by atoms with E-state index in [0.29, 0.717) is 24.3 Å². The van der Waals surface area contributed by atoms with Gasteiger partial charge in [-0.2, -0.15) is 0 Å². The summed E-state index contributed by atoms with van der Waals surface area (Å²) in [7, 11) is 0. The number of benzene rings is 1. The zero-order chi connectivity index (χ0) is 11.5. The fraction of sp³-hybridized carbons (Fsp3) is 0.200. The van der Waals surface area contributed by atoms with E-state index in [1.807, 2.05) is 0 Å². The highest BCUT2D eigenvalue weighted by Gasteiger charge is 2.06. The van der Waals surface area contributed by atoms with Crippen LogP contribution in [0.4, 0.5) is 4.39 Å². The summed E-state index contributed by atoms with van der Waals surface area (Å²) >= 11 is 5.59. The van der Waals surface area contributed by atoms with Gasteiger partial charge in [0.1, 0.15) is 11.5 Å². The SMILES string of the molecule is NCCn1cc(-c2ccc(Cl)c(F)c2)nn1. The number of hydrogen-bond acceptors (Lipinski definition) is 3. The lowest BCUT2D eigenvalue weighted by atomic mass is 10.2. The lowest BCUT2D eigenvalue weighted by Crippen LogP contribution is -2.10. The summed E-state index contributed by atoms with van der Waals surface area (Å²) < 4.78 is 14.8. The third-order valence-electron chi connectivity index (χ3n) is 2.11. The van der Waals surface area contributed by atoms with Crippen LogP contribution in [0, 0.1) is 5.82 Å². The average molecular weight is 241 g/mol. The average Bonchev–Trinajstić information content (AvgIpc) is 2.71. The zero-order valence-electron chi connectivity index (χ0n) is 8.40. The van der Waals surface area contributed by atoms with E-state index >= 15 is 0 Å². The van der Waals surface area contributed by atoms with E-state index in [1.54, 1.807) is 16.9 Å². The minimum absolute atomic E-state index is 0.0955. The predicted octanol–water partition coefficient (Wildman–Crippen LogP) is 1.70. The molecule has 0 atom stereocenters. The van der Waals surface area contributed by atoms with Gasteiger partial charge in [-0.25, -0.2) is 4.39 Å². The molecule has 0 amide bonds. The second-order valence-corrected chi connectivity index (χ2v) is 3.69. The number of rotatable bonds is 3. The fourth-order valence-corrected chi connectivity index (χ4v) is 1.45. The van der Waals surface area contributed by atoms with Gasteiger partial charge in [0, 0.05) is 12.1 Å².